The highest BCUT2D eigenvalue weighted by Gasteiger charge is 2.07. The van der Waals surface area contributed by atoms with Crippen molar-refractivity contribution in [1.29, 1.82) is 0 Å². The molecule has 4 aromatic carbocycles. The Kier molecular flexibility index (Phi) is 2.72. The van der Waals surface area contributed by atoms with Crippen molar-refractivity contribution < 1.29 is 5.48 Å². The van der Waals surface area contributed by atoms with Crippen LogP contribution in [-0.4, -0.2) is 0 Å². The third-order valence-electron chi connectivity index (χ3n) is 3.83. The smallest absolute Gasteiger partial charge is 0.0622 e. The first-order chi connectivity index (χ1) is 13.0. The van der Waals surface area contributed by atoms with Crippen LogP contribution in [0.5, 0.6) is 0 Å². The van der Waals surface area contributed by atoms with E-state index in [0.717, 1.165) is 21.9 Å². The van der Waals surface area contributed by atoms with E-state index in [1.165, 1.54) is 0 Å². The summed E-state index contributed by atoms with van der Waals surface area (Å²) in [6.07, 6.45) is 0. The first kappa shape index (κ1) is 10.4. The molecule has 0 spiro atoms. The maximum atomic E-state index is 8.37. The van der Waals surface area contributed by atoms with Crippen LogP contribution in [-0.2, 0) is 0 Å². The van der Waals surface area contributed by atoms with E-state index in [0.29, 0.717) is 11.1 Å². The Bertz CT molecular complexity index is 1140. The molecular formula is C22H15Br. The van der Waals surface area contributed by atoms with Gasteiger partial charge in [-0.05, 0) is 57.2 Å². The number of hydrogen-bond donors (Lipinski definition) is 0. The molecule has 0 radical (unpaired) electrons. The molecule has 0 nitrogen and oxygen atoms in total. The molecule has 0 N–H and O–H groups in total. The molecule has 0 saturated carbocycles. The van der Waals surface area contributed by atoms with Crippen LogP contribution < -0.4 is 0 Å². The zero-order valence-electron chi connectivity index (χ0n) is 16.2. The molecule has 1 heteroatoms. The van der Waals surface area contributed by atoms with Gasteiger partial charge < -0.3 is 0 Å². The monoisotopic (exact) mass is 362 g/mol. The average molecular weight is 363 g/mol. The second kappa shape index (κ2) is 6.02. The summed E-state index contributed by atoms with van der Waals surface area (Å²) in [6.45, 7) is 0. The van der Waals surface area contributed by atoms with Gasteiger partial charge in [-0.3, -0.25) is 0 Å². The molecule has 0 aliphatic rings. The standard InChI is InChI=1S/C22H15Br/c23-20-12-10-16(11-13-20)19-14-18-8-4-5-9-21(18)22(15-19)17-6-2-1-3-7-17/h1-15H/i10D,11D,12D,13D. The van der Waals surface area contributed by atoms with Crippen LogP contribution in [0.25, 0.3) is 33.0 Å². The second-order valence-corrected chi connectivity index (χ2v) is 6.09. The van der Waals surface area contributed by atoms with E-state index in [-0.39, 0.29) is 28.6 Å². The van der Waals surface area contributed by atoms with Crippen molar-refractivity contribution in [3.05, 3.63) is 95.4 Å². The lowest BCUT2D eigenvalue weighted by atomic mass is 9.93. The summed E-state index contributed by atoms with van der Waals surface area (Å²) in [6, 6.07) is 21.6. The zero-order valence-corrected chi connectivity index (χ0v) is 13.8. The summed E-state index contributed by atoms with van der Waals surface area (Å²) >= 11 is 3.16. The van der Waals surface area contributed by atoms with Gasteiger partial charge >= 0.3 is 0 Å². The predicted octanol–water partition coefficient (Wildman–Crippen LogP) is 6.94. The molecule has 0 fully saturated rings. The summed E-state index contributed by atoms with van der Waals surface area (Å²) in [7, 11) is 0. The van der Waals surface area contributed by atoms with Crippen LogP contribution in [0, 0.1) is 0 Å². The fourth-order valence-corrected chi connectivity index (χ4v) is 2.95. The van der Waals surface area contributed by atoms with E-state index in [2.05, 4.69) is 22.0 Å². The molecule has 0 amide bonds. The molecule has 0 aliphatic carbocycles. The average Bonchev–Trinajstić information content (AvgIpc) is 2.71. The highest BCUT2D eigenvalue weighted by molar-refractivity contribution is 9.10. The largest absolute Gasteiger partial charge is 0.0635 e. The Balaban J connectivity index is 2.09. The highest BCUT2D eigenvalue weighted by atomic mass is 79.9. The summed E-state index contributed by atoms with van der Waals surface area (Å²) in [4.78, 5) is 0. The second-order valence-electron chi connectivity index (χ2n) is 5.30. The van der Waals surface area contributed by atoms with Gasteiger partial charge in [0.2, 0.25) is 0 Å². The molecule has 23 heavy (non-hydrogen) atoms. The van der Waals surface area contributed by atoms with Gasteiger partial charge in [0.1, 0.15) is 0 Å². The Morgan fingerprint density at radius 3 is 2.13 bits per heavy atom. The molecule has 0 bridgehead atoms. The third-order valence-corrected chi connectivity index (χ3v) is 4.23. The Morgan fingerprint density at radius 2 is 1.35 bits per heavy atom. The summed E-state index contributed by atoms with van der Waals surface area (Å²) < 4.78 is 33.2. The number of halogens is 1. The maximum Gasteiger partial charge on any atom is 0.0635 e. The third kappa shape index (κ3) is 2.80. The molecule has 110 valence electrons. The molecule has 0 saturated heterocycles. The number of hydrogen-bond acceptors (Lipinski definition) is 0. The Hall–Kier alpha value is -2.38. The number of benzene rings is 4. The lowest BCUT2D eigenvalue weighted by Crippen LogP contribution is -1.85. The van der Waals surface area contributed by atoms with Gasteiger partial charge in [-0.1, -0.05) is 82.6 Å². The van der Waals surface area contributed by atoms with Crippen molar-refractivity contribution in [1.82, 2.24) is 0 Å². The number of rotatable bonds is 2. The fourth-order valence-electron chi connectivity index (χ4n) is 2.75. The molecule has 4 aromatic rings. The van der Waals surface area contributed by atoms with Gasteiger partial charge in [0.15, 0.2) is 0 Å². The van der Waals surface area contributed by atoms with Crippen LogP contribution in [0.4, 0.5) is 0 Å². The van der Waals surface area contributed by atoms with Gasteiger partial charge in [-0.2, -0.15) is 0 Å². The van der Waals surface area contributed by atoms with E-state index in [1.807, 2.05) is 60.7 Å². The van der Waals surface area contributed by atoms with Gasteiger partial charge in [0.05, 0.1) is 5.48 Å². The molecule has 0 aromatic heterocycles. The predicted molar refractivity (Wildman–Crippen MR) is 103 cm³/mol. The van der Waals surface area contributed by atoms with Crippen LogP contribution in [0.2, 0.25) is 0 Å². The van der Waals surface area contributed by atoms with Crippen molar-refractivity contribution in [3.8, 4) is 22.3 Å². The van der Waals surface area contributed by atoms with Crippen molar-refractivity contribution in [2.75, 3.05) is 0 Å². The van der Waals surface area contributed by atoms with Gasteiger partial charge in [0, 0.05) is 4.47 Å². The molecule has 0 atom stereocenters. The van der Waals surface area contributed by atoms with Crippen molar-refractivity contribution in [3.63, 3.8) is 0 Å². The normalized spacial score (nSPS) is 13.3. The lowest BCUT2D eigenvalue weighted by Gasteiger charge is -2.11. The first-order valence-electron chi connectivity index (χ1n) is 9.33. The molecular weight excluding hydrogens is 344 g/mol. The summed E-state index contributed by atoms with van der Waals surface area (Å²) in [5.74, 6) is 0. The van der Waals surface area contributed by atoms with E-state index in [9.17, 15) is 0 Å². The Labute approximate surface area is 150 Å². The van der Waals surface area contributed by atoms with Crippen LogP contribution in [0.3, 0.4) is 0 Å². The van der Waals surface area contributed by atoms with E-state index in [4.69, 9.17) is 5.48 Å². The Morgan fingerprint density at radius 1 is 0.652 bits per heavy atom. The fraction of sp³-hybridized carbons (Fsp3) is 0. The molecule has 4 rings (SSSR count). The number of fused-ring (bicyclic) bond motifs is 1. The van der Waals surface area contributed by atoms with Crippen LogP contribution in [0.15, 0.2) is 95.4 Å². The molecule has 0 heterocycles. The molecule has 0 aliphatic heterocycles. The van der Waals surface area contributed by atoms with Gasteiger partial charge in [-0.25, -0.2) is 0 Å². The SMILES string of the molecule is [2H]c1c([2H])c(-c2cc(-c3ccccc3)c3ccccc3c2)c([2H])c([2H])c1Br. The van der Waals surface area contributed by atoms with E-state index < -0.39 is 0 Å². The van der Waals surface area contributed by atoms with Crippen molar-refractivity contribution >= 4 is 26.7 Å². The van der Waals surface area contributed by atoms with Gasteiger partial charge in [0.25, 0.3) is 0 Å². The summed E-state index contributed by atoms with van der Waals surface area (Å²) in [5, 5.41) is 2.08. The quantitative estimate of drug-likeness (QED) is 0.362. The van der Waals surface area contributed by atoms with Crippen molar-refractivity contribution in [2.24, 2.45) is 0 Å². The van der Waals surface area contributed by atoms with Crippen molar-refractivity contribution in [2.45, 2.75) is 0 Å². The van der Waals surface area contributed by atoms with Gasteiger partial charge in [-0.15, -0.1) is 0 Å². The minimum absolute atomic E-state index is 0.0443. The highest BCUT2D eigenvalue weighted by Crippen LogP contribution is 2.34. The minimum atomic E-state index is -0.0691. The van der Waals surface area contributed by atoms with Crippen LogP contribution >= 0.6 is 15.9 Å². The topological polar surface area (TPSA) is 0 Å². The summed E-state index contributed by atoms with van der Waals surface area (Å²) in [5.41, 5.74) is 3.04. The minimum Gasteiger partial charge on any atom is -0.0622 e. The van der Waals surface area contributed by atoms with Crippen LogP contribution in [0.1, 0.15) is 5.48 Å². The molecule has 0 unspecified atom stereocenters. The van der Waals surface area contributed by atoms with E-state index in [1.54, 1.807) is 0 Å². The first-order valence-corrected chi connectivity index (χ1v) is 8.12. The zero-order chi connectivity index (χ0) is 19.1. The van der Waals surface area contributed by atoms with E-state index >= 15 is 0 Å². The maximum absolute atomic E-state index is 8.37. The lowest BCUT2D eigenvalue weighted by molar-refractivity contribution is 1.60.